The first kappa shape index (κ1) is 18.6. The highest BCUT2D eigenvalue weighted by Gasteiger charge is 2.31. The van der Waals surface area contributed by atoms with Crippen molar-refractivity contribution in [2.24, 2.45) is 4.99 Å². The van der Waals surface area contributed by atoms with Gasteiger partial charge >= 0.3 is 0 Å². The highest BCUT2D eigenvalue weighted by atomic mass is 16.5. The lowest BCUT2D eigenvalue weighted by Crippen LogP contribution is -2.47. The smallest absolute Gasteiger partial charge is 0.191 e. The monoisotopic (exact) mass is 372 g/mol. The van der Waals surface area contributed by atoms with Gasteiger partial charge in [0.1, 0.15) is 5.75 Å². The number of rotatable bonds is 6. The van der Waals surface area contributed by atoms with Gasteiger partial charge in [-0.3, -0.25) is 9.89 Å². The summed E-state index contributed by atoms with van der Waals surface area (Å²) in [6.07, 6.45) is 4.82. The third kappa shape index (κ3) is 4.74. The molecule has 1 aromatic carbocycles. The Balaban J connectivity index is 1.25. The summed E-state index contributed by atoms with van der Waals surface area (Å²) < 4.78 is 11.6. The number of aliphatic imine (C=N–C) groups is 1. The molecule has 2 fully saturated rings. The van der Waals surface area contributed by atoms with Crippen LogP contribution >= 0.6 is 0 Å². The molecule has 0 amide bonds. The summed E-state index contributed by atoms with van der Waals surface area (Å²) in [5, 5.41) is 6.81. The number of hydrogen-bond acceptors (Lipinski definition) is 4. The van der Waals surface area contributed by atoms with Crippen molar-refractivity contribution in [3.63, 3.8) is 0 Å². The van der Waals surface area contributed by atoms with Crippen LogP contribution < -0.4 is 15.4 Å². The number of ether oxygens (including phenoxy) is 2. The lowest BCUT2D eigenvalue weighted by molar-refractivity contribution is -0.0432. The third-order valence-electron chi connectivity index (χ3n) is 5.72. The number of fused-ring (bicyclic) bond motifs is 2. The van der Waals surface area contributed by atoms with Crippen LogP contribution in [0.4, 0.5) is 0 Å². The fourth-order valence-corrected chi connectivity index (χ4v) is 4.25. The molecule has 0 aromatic heterocycles. The molecule has 27 heavy (non-hydrogen) atoms. The van der Waals surface area contributed by atoms with Crippen molar-refractivity contribution in [1.29, 1.82) is 0 Å². The Morgan fingerprint density at radius 3 is 3.22 bits per heavy atom. The second-order valence-electron chi connectivity index (χ2n) is 7.68. The van der Waals surface area contributed by atoms with E-state index in [2.05, 4.69) is 40.7 Å². The van der Waals surface area contributed by atoms with E-state index in [1.165, 1.54) is 30.5 Å². The van der Waals surface area contributed by atoms with Gasteiger partial charge in [0.05, 0.1) is 25.9 Å². The van der Waals surface area contributed by atoms with E-state index in [0.717, 1.165) is 63.9 Å². The molecule has 3 heterocycles. The molecule has 0 radical (unpaired) electrons. The van der Waals surface area contributed by atoms with Crippen LogP contribution in [0.1, 0.15) is 30.9 Å². The maximum absolute atomic E-state index is 6.02. The van der Waals surface area contributed by atoms with Gasteiger partial charge in [-0.1, -0.05) is 12.1 Å². The molecule has 0 spiro atoms. The summed E-state index contributed by atoms with van der Waals surface area (Å²) >= 11 is 0. The summed E-state index contributed by atoms with van der Waals surface area (Å²) in [4.78, 5) is 7.33. The van der Waals surface area contributed by atoms with Gasteiger partial charge < -0.3 is 20.1 Å². The summed E-state index contributed by atoms with van der Waals surface area (Å²) in [6, 6.07) is 7.19. The average molecular weight is 373 g/mol. The Kier molecular flexibility index (Phi) is 6.14. The first-order valence-electron chi connectivity index (χ1n) is 10.4. The normalized spacial score (nSPS) is 25.0. The van der Waals surface area contributed by atoms with Gasteiger partial charge in [0.15, 0.2) is 5.96 Å². The summed E-state index contributed by atoms with van der Waals surface area (Å²) in [5.41, 5.74) is 2.68. The van der Waals surface area contributed by atoms with Crippen molar-refractivity contribution in [3.8, 4) is 5.75 Å². The zero-order valence-electron chi connectivity index (χ0n) is 16.4. The minimum absolute atomic E-state index is 0.214. The van der Waals surface area contributed by atoms with E-state index in [1.54, 1.807) is 0 Å². The van der Waals surface area contributed by atoms with Crippen molar-refractivity contribution in [2.45, 2.75) is 44.8 Å². The van der Waals surface area contributed by atoms with Gasteiger partial charge in [-0.15, -0.1) is 0 Å². The minimum atomic E-state index is 0.214. The van der Waals surface area contributed by atoms with Crippen molar-refractivity contribution in [3.05, 3.63) is 29.3 Å². The molecule has 3 aliphatic heterocycles. The molecule has 1 aromatic rings. The van der Waals surface area contributed by atoms with Crippen molar-refractivity contribution >= 4 is 5.96 Å². The largest absolute Gasteiger partial charge is 0.493 e. The molecule has 2 unspecified atom stereocenters. The standard InChI is InChI=1S/C21H32N4O2/c1-2-22-21(24-13-19-14-25-10-3-4-18(25)15-27-19)23-9-7-16-5-6-20-17(12-16)8-11-26-20/h5-6,12,18-19H,2-4,7-11,13-15H2,1H3,(H2,22,23,24). The van der Waals surface area contributed by atoms with E-state index < -0.39 is 0 Å². The number of morpholine rings is 1. The highest BCUT2D eigenvalue weighted by molar-refractivity contribution is 5.79. The molecule has 2 N–H and O–H groups in total. The predicted molar refractivity (Wildman–Crippen MR) is 108 cm³/mol. The molecule has 3 aliphatic rings. The molecule has 0 aliphatic carbocycles. The van der Waals surface area contributed by atoms with E-state index in [1.807, 2.05) is 0 Å². The van der Waals surface area contributed by atoms with Crippen LogP contribution in [0.3, 0.4) is 0 Å². The van der Waals surface area contributed by atoms with Gasteiger partial charge in [-0.05, 0) is 49.9 Å². The van der Waals surface area contributed by atoms with Crippen LogP contribution in [-0.2, 0) is 17.6 Å². The molecule has 2 saturated heterocycles. The molecular weight excluding hydrogens is 340 g/mol. The lowest BCUT2D eigenvalue weighted by Gasteiger charge is -2.34. The Hall–Kier alpha value is -1.79. The Morgan fingerprint density at radius 1 is 1.33 bits per heavy atom. The maximum atomic E-state index is 6.02. The zero-order valence-corrected chi connectivity index (χ0v) is 16.4. The van der Waals surface area contributed by atoms with Crippen LogP contribution in [0, 0.1) is 0 Å². The van der Waals surface area contributed by atoms with E-state index in [0.29, 0.717) is 6.04 Å². The second-order valence-corrected chi connectivity index (χ2v) is 7.68. The molecule has 0 saturated carbocycles. The van der Waals surface area contributed by atoms with Gasteiger partial charge in [0, 0.05) is 32.1 Å². The van der Waals surface area contributed by atoms with E-state index in [9.17, 15) is 0 Å². The van der Waals surface area contributed by atoms with Crippen LogP contribution in [0.2, 0.25) is 0 Å². The van der Waals surface area contributed by atoms with Gasteiger partial charge in [0.2, 0.25) is 0 Å². The van der Waals surface area contributed by atoms with Crippen LogP contribution in [0.5, 0.6) is 5.75 Å². The second kappa shape index (κ2) is 8.93. The van der Waals surface area contributed by atoms with Gasteiger partial charge in [-0.25, -0.2) is 0 Å². The molecule has 4 rings (SSSR count). The molecule has 6 nitrogen and oxygen atoms in total. The quantitative estimate of drug-likeness (QED) is 0.587. The number of nitrogens with one attached hydrogen (secondary N) is 2. The Labute approximate surface area is 162 Å². The lowest BCUT2D eigenvalue weighted by atomic mass is 10.1. The van der Waals surface area contributed by atoms with Gasteiger partial charge in [-0.2, -0.15) is 0 Å². The third-order valence-corrected chi connectivity index (χ3v) is 5.72. The van der Waals surface area contributed by atoms with Crippen molar-refractivity contribution < 1.29 is 9.47 Å². The number of benzene rings is 1. The Bertz CT molecular complexity index is 664. The van der Waals surface area contributed by atoms with E-state index in [-0.39, 0.29) is 6.10 Å². The molecule has 0 bridgehead atoms. The molecule has 148 valence electrons. The predicted octanol–water partition coefficient (Wildman–Crippen LogP) is 1.58. The maximum Gasteiger partial charge on any atom is 0.191 e. The summed E-state index contributed by atoms with van der Waals surface area (Å²) in [5.74, 6) is 1.93. The zero-order chi connectivity index (χ0) is 18.5. The SMILES string of the molecule is CCNC(=NCC1CN2CCCC2CO1)NCCc1ccc2c(c1)CCO2. The number of guanidine groups is 1. The summed E-state index contributed by atoms with van der Waals surface area (Å²) in [6.45, 7) is 8.47. The minimum Gasteiger partial charge on any atom is -0.493 e. The first-order chi connectivity index (χ1) is 13.3. The first-order valence-corrected chi connectivity index (χ1v) is 10.4. The number of nitrogens with zero attached hydrogens (tertiary/aromatic N) is 2. The Morgan fingerprint density at radius 2 is 2.30 bits per heavy atom. The fraction of sp³-hybridized carbons (Fsp3) is 0.667. The topological polar surface area (TPSA) is 58.1 Å². The molecule has 2 atom stereocenters. The molecule has 6 heteroatoms. The van der Waals surface area contributed by atoms with E-state index in [4.69, 9.17) is 14.5 Å². The van der Waals surface area contributed by atoms with Crippen molar-refractivity contribution in [1.82, 2.24) is 15.5 Å². The average Bonchev–Trinajstić information content (AvgIpc) is 3.34. The summed E-state index contributed by atoms with van der Waals surface area (Å²) in [7, 11) is 0. The van der Waals surface area contributed by atoms with Crippen LogP contribution in [0.25, 0.3) is 0 Å². The van der Waals surface area contributed by atoms with E-state index >= 15 is 0 Å². The van der Waals surface area contributed by atoms with Crippen LogP contribution in [0.15, 0.2) is 23.2 Å². The fourth-order valence-electron chi connectivity index (χ4n) is 4.25. The molecular formula is C21H32N4O2. The number of hydrogen-bond donors (Lipinski definition) is 2. The van der Waals surface area contributed by atoms with Crippen molar-refractivity contribution in [2.75, 3.05) is 45.9 Å². The van der Waals surface area contributed by atoms with Gasteiger partial charge in [0.25, 0.3) is 0 Å². The highest BCUT2D eigenvalue weighted by Crippen LogP contribution is 2.26. The van der Waals surface area contributed by atoms with Crippen LogP contribution in [-0.4, -0.2) is 68.9 Å².